The Morgan fingerprint density at radius 3 is 2.65 bits per heavy atom. The van der Waals surface area contributed by atoms with Crippen molar-refractivity contribution in [3.63, 3.8) is 0 Å². The molecule has 7 heteroatoms. The number of fused-ring (bicyclic) bond motifs is 1. The van der Waals surface area contributed by atoms with E-state index in [2.05, 4.69) is 9.88 Å². The standard InChI is InChI=1S/C19H21ClN6/c1-11-10-21-12(2)19-23-18(24-26(11)19)15-9-14(15)16-7-13(20)8-17(22-16)25-5-3-4-6-25/h7-8,10,14-15H,3-6,9H2,1-2H3. The van der Waals surface area contributed by atoms with Crippen LogP contribution in [0.3, 0.4) is 0 Å². The lowest BCUT2D eigenvalue weighted by atomic mass is 10.2. The van der Waals surface area contributed by atoms with Gasteiger partial charge in [-0.15, -0.1) is 0 Å². The van der Waals surface area contributed by atoms with Crippen LogP contribution in [0.15, 0.2) is 18.3 Å². The molecule has 2 atom stereocenters. The van der Waals surface area contributed by atoms with E-state index in [-0.39, 0.29) is 0 Å². The Balaban J connectivity index is 1.45. The summed E-state index contributed by atoms with van der Waals surface area (Å²) in [6.07, 6.45) is 5.32. The highest BCUT2D eigenvalue weighted by molar-refractivity contribution is 6.30. The molecule has 5 rings (SSSR count). The van der Waals surface area contributed by atoms with Gasteiger partial charge >= 0.3 is 0 Å². The van der Waals surface area contributed by atoms with Gasteiger partial charge in [0.05, 0.1) is 11.4 Å². The minimum atomic E-state index is 0.311. The van der Waals surface area contributed by atoms with Crippen molar-refractivity contribution in [2.75, 3.05) is 18.0 Å². The molecule has 2 aliphatic rings. The van der Waals surface area contributed by atoms with Gasteiger partial charge in [0.2, 0.25) is 0 Å². The zero-order valence-corrected chi connectivity index (χ0v) is 15.7. The molecule has 4 heterocycles. The monoisotopic (exact) mass is 368 g/mol. The summed E-state index contributed by atoms with van der Waals surface area (Å²) in [7, 11) is 0. The fourth-order valence-electron chi connectivity index (χ4n) is 3.88. The van der Waals surface area contributed by atoms with E-state index in [0.29, 0.717) is 11.8 Å². The van der Waals surface area contributed by atoms with Gasteiger partial charge in [0.15, 0.2) is 11.5 Å². The van der Waals surface area contributed by atoms with Gasteiger partial charge in [0.25, 0.3) is 0 Å². The predicted molar refractivity (Wildman–Crippen MR) is 101 cm³/mol. The van der Waals surface area contributed by atoms with Crippen LogP contribution in [0.4, 0.5) is 5.82 Å². The maximum absolute atomic E-state index is 6.39. The highest BCUT2D eigenvalue weighted by Crippen LogP contribution is 2.53. The first-order valence-corrected chi connectivity index (χ1v) is 9.59. The second-order valence-electron chi connectivity index (χ2n) is 7.40. The van der Waals surface area contributed by atoms with E-state index in [1.807, 2.05) is 36.7 Å². The first kappa shape index (κ1) is 16.0. The Kier molecular flexibility index (Phi) is 3.64. The average Bonchev–Trinajstić information content (AvgIpc) is 3.06. The molecule has 1 aliphatic heterocycles. The molecular weight excluding hydrogens is 348 g/mol. The zero-order valence-electron chi connectivity index (χ0n) is 15.0. The zero-order chi connectivity index (χ0) is 17.8. The SMILES string of the molecule is Cc1ncc(C)n2nc(C3CC3c3cc(Cl)cc(N4CCCC4)n3)nc12. The minimum Gasteiger partial charge on any atom is -0.357 e. The van der Waals surface area contributed by atoms with E-state index in [9.17, 15) is 0 Å². The molecule has 2 unspecified atom stereocenters. The highest BCUT2D eigenvalue weighted by atomic mass is 35.5. The van der Waals surface area contributed by atoms with Gasteiger partial charge in [-0.3, -0.25) is 4.98 Å². The molecule has 1 saturated heterocycles. The van der Waals surface area contributed by atoms with Crippen molar-refractivity contribution in [3.8, 4) is 0 Å². The lowest BCUT2D eigenvalue weighted by Crippen LogP contribution is -2.19. The first-order valence-electron chi connectivity index (χ1n) is 9.21. The molecule has 0 amide bonds. The van der Waals surface area contributed by atoms with Gasteiger partial charge in [-0.25, -0.2) is 14.5 Å². The van der Waals surface area contributed by atoms with Crippen LogP contribution in [-0.4, -0.2) is 37.7 Å². The Labute approximate surface area is 157 Å². The third-order valence-corrected chi connectivity index (χ3v) is 5.67. The summed E-state index contributed by atoms with van der Waals surface area (Å²) in [5.41, 5.74) is 3.82. The molecule has 0 radical (unpaired) electrons. The molecule has 0 spiro atoms. The quantitative estimate of drug-likeness (QED) is 0.706. The topological polar surface area (TPSA) is 59.2 Å². The Morgan fingerprint density at radius 1 is 1.08 bits per heavy atom. The van der Waals surface area contributed by atoms with Crippen LogP contribution in [-0.2, 0) is 0 Å². The molecule has 0 N–H and O–H groups in total. The van der Waals surface area contributed by atoms with Crippen LogP contribution < -0.4 is 4.90 Å². The van der Waals surface area contributed by atoms with Crippen LogP contribution >= 0.6 is 11.6 Å². The fourth-order valence-corrected chi connectivity index (χ4v) is 4.09. The van der Waals surface area contributed by atoms with Gasteiger partial charge in [0.1, 0.15) is 5.82 Å². The van der Waals surface area contributed by atoms with E-state index in [1.54, 1.807) is 0 Å². The van der Waals surface area contributed by atoms with E-state index in [4.69, 9.17) is 26.7 Å². The van der Waals surface area contributed by atoms with Crippen LogP contribution in [0.25, 0.3) is 5.65 Å². The number of rotatable bonds is 3. The van der Waals surface area contributed by atoms with Crippen molar-refractivity contribution in [1.82, 2.24) is 24.6 Å². The minimum absolute atomic E-state index is 0.311. The normalized spacial score (nSPS) is 22.3. The number of aryl methyl sites for hydroxylation is 2. The van der Waals surface area contributed by atoms with Crippen molar-refractivity contribution >= 4 is 23.1 Å². The van der Waals surface area contributed by atoms with Gasteiger partial charge in [-0.1, -0.05) is 11.6 Å². The first-order chi connectivity index (χ1) is 12.6. The summed E-state index contributed by atoms with van der Waals surface area (Å²) in [5.74, 6) is 2.56. The summed E-state index contributed by atoms with van der Waals surface area (Å²) in [5, 5.41) is 5.49. The summed E-state index contributed by atoms with van der Waals surface area (Å²) in [6.45, 7) is 6.11. The van der Waals surface area contributed by atoms with Crippen molar-refractivity contribution < 1.29 is 0 Å². The summed E-state index contributed by atoms with van der Waals surface area (Å²) < 4.78 is 1.90. The lowest BCUT2D eigenvalue weighted by Gasteiger charge is -2.17. The average molecular weight is 369 g/mol. The third-order valence-electron chi connectivity index (χ3n) is 5.45. The van der Waals surface area contributed by atoms with Crippen LogP contribution in [0, 0.1) is 13.8 Å². The maximum atomic E-state index is 6.39. The summed E-state index contributed by atoms with van der Waals surface area (Å²) in [4.78, 5) is 16.4. The number of pyridine rings is 1. The van der Waals surface area contributed by atoms with Crippen molar-refractivity contribution in [2.45, 2.75) is 44.9 Å². The number of hydrogen-bond donors (Lipinski definition) is 0. The number of nitrogens with zero attached hydrogens (tertiary/aromatic N) is 6. The molecule has 26 heavy (non-hydrogen) atoms. The highest BCUT2D eigenvalue weighted by Gasteiger charge is 2.44. The Morgan fingerprint density at radius 2 is 1.88 bits per heavy atom. The molecule has 2 fully saturated rings. The van der Waals surface area contributed by atoms with Crippen molar-refractivity contribution in [1.29, 1.82) is 0 Å². The predicted octanol–water partition coefficient (Wildman–Crippen LogP) is 3.66. The van der Waals surface area contributed by atoms with Crippen molar-refractivity contribution in [2.24, 2.45) is 0 Å². The number of aromatic nitrogens is 5. The van der Waals surface area contributed by atoms with Gasteiger partial charge in [-0.05, 0) is 45.2 Å². The third kappa shape index (κ3) is 2.63. The smallest absolute Gasteiger partial charge is 0.177 e. The Hall–Kier alpha value is -2.21. The largest absolute Gasteiger partial charge is 0.357 e. The second-order valence-corrected chi connectivity index (χ2v) is 7.84. The summed E-state index contributed by atoms with van der Waals surface area (Å²) in [6, 6.07) is 3.98. The molecule has 6 nitrogen and oxygen atoms in total. The van der Waals surface area contributed by atoms with E-state index >= 15 is 0 Å². The molecule has 3 aromatic heterocycles. The van der Waals surface area contributed by atoms with E-state index in [0.717, 1.165) is 58.9 Å². The second kappa shape index (κ2) is 5.91. The molecule has 1 aliphatic carbocycles. The van der Waals surface area contributed by atoms with E-state index in [1.165, 1.54) is 12.8 Å². The molecule has 0 aromatic carbocycles. The Bertz CT molecular complexity index is 952. The van der Waals surface area contributed by atoms with Crippen LogP contribution in [0.2, 0.25) is 5.02 Å². The number of anilines is 1. The fraction of sp³-hybridized carbons (Fsp3) is 0.474. The summed E-state index contributed by atoms with van der Waals surface area (Å²) >= 11 is 6.39. The van der Waals surface area contributed by atoms with Gasteiger partial charge in [0, 0.05) is 41.8 Å². The molecule has 134 valence electrons. The van der Waals surface area contributed by atoms with E-state index < -0.39 is 0 Å². The molecular formula is C19H21ClN6. The van der Waals surface area contributed by atoms with Gasteiger partial charge in [-0.2, -0.15) is 5.10 Å². The van der Waals surface area contributed by atoms with Crippen molar-refractivity contribution in [3.05, 3.63) is 46.3 Å². The number of halogens is 1. The van der Waals surface area contributed by atoms with Gasteiger partial charge < -0.3 is 4.90 Å². The lowest BCUT2D eigenvalue weighted by molar-refractivity contribution is 0.825. The number of hydrogen-bond acceptors (Lipinski definition) is 5. The maximum Gasteiger partial charge on any atom is 0.177 e. The van der Waals surface area contributed by atoms with Crippen LogP contribution in [0.5, 0.6) is 0 Å². The molecule has 3 aromatic rings. The van der Waals surface area contributed by atoms with Crippen LogP contribution in [0.1, 0.15) is 54.0 Å². The molecule has 1 saturated carbocycles. The molecule has 0 bridgehead atoms.